The summed E-state index contributed by atoms with van der Waals surface area (Å²) in [4.78, 5) is 26.3. The molecule has 0 aliphatic heterocycles. The maximum Gasteiger partial charge on any atom is 0.261 e. The molecular formula is C20H23ClN2O4. The molecule has 2 rings (SSSR count). The van der Waals surface area contributed by atoms with Gasteiger partial charge in [0.2, 0.25) is 5.91 Å². The molecule has 0 heterocycles. The molecule has 0 bridgehead atoms. The van der Waals surface area contributed by atoms with Gasteiger partial charge in [0, 0.05) is 18.6 Å². The third-order valence-corrected chi connectivity index (χ3v) is 4.31. The van der Waals surface area contributed by atoms with Crippen molar-refractivity contribution in [2.45, 2.75) is 19.5 Å². The molecule has 0 fully saturated rings. The van der Waals surface area contributed by atoms with Gasteiger partial charge in [-0.3, -0.25) is 9.59 Å². The number of rotatable bonds is 8. The smallest absolute Gasteiger partial charge is 0.261 e. The van der Waals surface area contributed by atoms with Gasteiger partial charge in [0.1, 0.15) is 17.5 Å². The lowest BCUT2D eigenvalue weighted by Gasteiger charge is -2.28. The number of nitrogens with one attached hydrogen (secondary N) is 1. The van der Waals surface area contributed by atoms with Crippen LogP contribution in [0.25, 0.3) is 0 Å². The van der Waals surface area contributed by atoms with Crippen LogP contribution in [0.5, 0.6) is 11.5 Å². The Hall–Kier alpha value is -2.73. The Kier molecular flexibility index (Phi) is 7.49. The quantitative estimate of drug-likeness (QED) is 0.752. The van der Waals surface area contributed by atoms with Crippen LogP contribution in [-0.2, 0) is 16.1 Å². The molecule has 0 spiro atoms. The van der Waals surface area contributed by atoms with Gasteiger partial charge in [-0.1, -0.05) is 23.7 Å². The van der Waals surface area contributed by atoms with Crippen LogP contribution in [0.15, 0.2) is 48.5 Å². The second kappa shape index (κ2) is 9.83. The lowest BCUT2D eigenvalue weighted by molar-refractivity contribution is -0.142. The zero-order valence-electron chi connectivity index (χ0n) is 15.6. The summed E-state index contributed by atoms with van der Waals surface area (Å²) in [5.41, 5.74) is 0.830. The number of hydrogen-bond acceptors (Lipinski definition) is 4. The van der Waals surface area contributed by atoms with E-state index < -0.39 is 6.04 Å². The molecule has 27 heavy (non-hydrogen) atoms. The Morgan fingerprint density at radius 1 is 1.15 bits per heavy atom. The highest BCUT2D eigenvalue weighted by Crippen LogP contribution is 2.18. The zero-order chi connectivity index (χ0) is 19.8. The van der Waals surface area contributed by atoms with Gasteiger partial charge in [-0.25, -0.2) is 0 Å². The van der Waals surface area contributed by atoms with E-state index in [0.717, 1.165) is 5.56 Å². The Bertz CT molecular complexity index is 780. The fourth-order valence-corrected chi connectivity index (χ4v) is 2.74. The van der Waals surface area contributed by atoms with Crippen molar-refractivity contribution in [3.8, 4) is 11.5 Å². The first-order valence-corrected chi connectivity index (χ1v) is 8.84. The van der Waals surface area contributed by atoms with Crippen LogP contribution in [-0.4, -0.2) is 43.5 Å². The zero-order valence-corrected chi connectivity index (χ0v) is 16.3. The third-order valence-electron chi connectivity index (χ3n) is 4.08. The molecule has 7 heteroatoms. The number of amides is 2. The lowest BCUT2D eigenvalue weighted by Crippen LogP contribution is -2.48. The summed E-state index contributed by atoms with van der Waals surface area (Å²) < 4.78 is 10.7. The van der Waals surface area contributed by atoms with E-state index in [1.165, 1.54) is 11.9 Å². The Morgan fingerprint density at radius 3 is 2.41 bits per heavy atom. The molecule has 6 nitrogen and oxygen atoms in total. The minimum absolute atomic E-state index is 0.186. The Morgan fingerprint density at radius 2 is 1.81 bits per heavy atom. The SMILES string of the molecule is CNC(=O)C(C)N(Cc1cccc(Cl)c1)C(=O)COc1ccc(OC)cc1. The normalized spacial score (nSPS) is 11.4. The molecule has 1 unspecified atom stereocenters. The van der Waals surface area contributed by atoms with Gasteiger partial charge in [-0.2, -0.15) is 0 Å². The highest BCUT2D eigenvalue weighted by atomic mass is 35.5. The van der Waals surface area contributed by atoms with Crippen molar-refractivity contribution < 1.29 is 19.1 Å². The van der Waals surface area contributed by atoms with Gasteiger partial charge >= 0.3 is 0 Å². The van der Waals surface area contributed by atoms with E-state index in [4.69, 9.17) is 21.1 Å². The molecule has 1 N–H and O–H groups in total. The number of likely N-dealkylation sites (N-methyl/N-ethyl adjacent to an activating group) is 1. The number of benzene rings is 2. The fourth-order valence-electron chi connectivity index (χ4n) is 2.52. The monoisotopic (exact) mass is 390 g/mol. The van der Waals surface area contributed by atoms with E-state index in [2.05, 4.69) is 5.32 Å². The van der Waals surface area contributed by atoms with Crippen molar-refractivity contribution in [3.05, 3.63) is 59.1 Å². The minimum atomic E-state index is -0.652. The maximum absolute atomic E-state index is 12.8. The topological polar surface area (TPSA) is 67.9 Å². The predicted molar refractivity (Wildman–Crippen MR) is 104 cm³/mol. The van der Waals surface area contributed by atoms with Gasteiger partial charge in [0.25, 0.3) is 5.91 Å². The number of ether oxygens (including phenoxy) is 2. The van der Waals surface area contributed by atoms with Crippen molar-refractivity contribution in [2.24, 2.45) is 0 Å². The minimum Gasteiger partial charge on any atom is -0.497 e. The average Bonchev–Trinajstić information content (AvgIpc) is 2.69. The lowest BCUT2D eigenvalue weighted by atomic mass is 10.1. The number of hydrogen-bond donors (Lipinski definition) is 1. The van der Waals surface area contributed by atoms with E-state index >= 15 is 0 Å². The van der Waals surface area contributed by atoms with Crippen LogP contribution < -0.4 is 14.8 Å². The van der Waals surface area contributed by atoms with E-state index in [1.807, 2.05) is 6.07 Å². The van der Waals surface area contributed by atoms with Crippen LogP contribution in [0.1, 0.15) is 12.5 Å². The van der Waals surface area contributed by atoms with E-state index in [1.54, 1.807) is 56.5 Å². The first-order chi connectivity index (χ1) is 12.9. The summed E-state index contributed by atoms with van der Waals surface area (Å²) in [6, 6.07) is 13.5. The van der Waals surface area contributed by atoms with Gasteiger partial charge in [-0.05, 0) is 48.9 Å². The molecule has 144 valence electrons. The van der Waals surface area contributed by atoms with Crippen molar-refractivity contribution in [2.75, 3.05) is 20.8 Å². The van der Waals surface area contributed by atoms with Crippen LogP contribution >= 0.6 is 11.6 Å². The Balaban J connectivity index is 2.10. The summed E-state index contributed by atoms with van der Waals surface area (Å²) in [5.74, 6) is 0.681. The van der Waals surface area contributed by atoms with Crippen LogP contribution in [0.4, 0.5) is 0 Å². The fraction of sp³-hybridized carbons (Fsp3) is 0.300. The van der Waals surface area contributed by atoms with E-state index in [9.17, 15) is 9.59 Å². The first kappa shape index (κ1) is 20.6. The van der Waals surface area contributed by atoms with Gasteiger partial charge in [0.15, 0.2) is 6.61 Å². The summed E-state index contributed by atoms with van der Waals surface area (Å²) in [6.07, 6.45) is 0. The van der Waals surface area contributed by atoms with Crippen LogP contribution in [0.2, 0.25) is 5.02 Å². The second-order valence-electron chi connectivity index (χ2n) is 5.91. The molecule has 0 aromatic heterocycles. The summed E-state index contributed by atoms with van der Waals surface area (Å²) in [7, 11) is 3.11. The number of halogens is 1. The van der Waals surface area contributed by atoms with Crippen LogP contribution in [0, 0.1) is 0 Å². The number of carbonyl (C=O) groups excluding carboxylic acids is 2. The number of methoxy groups -OCH3 is 1. The summed E-state index contributed by atoms with van der Waals surface area (Å²) in [6.45, 7) is 1.74. The molecule has 0 radical (unpaired) electrons. The second-order valence-corrected chi connectivity index (χ2v) is 6.34. The molecule has 0 aliphatic carbocycles. The standard InChI is InChI=1S/C20H23ClN2O4/c1-14(20(25)22-2)23(12-15-5-4-6-16(21)11-15)19(24)13-27-18-9-7-17(26-3)8-10-18/h4-11,14H,12-13H2,1-3H3,(H,22,25). The van der Waals surface area contributed by atoms with Crippen molar-refractivity contribution in [1.29, 1.82) is 0 Å². The van der Waals surface area contributed by atoms with E-state index in [-0.39, 0.29) is 25.0 Å². The van der Waals surface area contributed by atoms with Crippen molar-refractivity contribution in [3.63, 3.8) is 0 Å². The third kappa shape index (κ3) is 5.89. The highest BCUT2D eigenvalue weighted by molar-refractivity contribution is 6.30. The first-order valence-electron chi connectivity index (χ1n) is 8.47. The molecule has 2 amide bonds. The summed E-state index contributed by atoms with van der Waals surface area (Å²) in [5, 5.41) is 3.14. The van der Waals surface area contributed by atoms with E-state index in [0.29, 0.717) is 16.5 Å². The summed E-state index contributed by atoms with van der Waals surface area (Å²) >= 11 is 6.03. The number of nitrogens with zero attached hydrogens (tertiary/aromatic N) is 1. The van der Waals surface area contributed by atoms with Crippen LogP contribution in [0.3, 0.4) is 0 Å². The predicted octanol–water partition coefficient (Wildman–Crippen LogP) is 2.89. The van der Waals surface area contributed by atoms with Gasteiger partial charge in [-0.15, -0.1) is 0 Å². The molecule has 0 aliphatic rings. The molecule has 2 aromatic rings. The highest BCUT2D eigenvalue weighted by Gasteiger charge is 2.25. The van der Waals surface area contributed by atoms with Gasteiger partial charge in [0.05, 0.1) is 7.11 Å². The molecule has 1 atom stereocenters. The average molecular weight is 391 g/mol. The van der Waals surface area contributed by atoms with Crippen molar-refractivity contribution >= 4 is 23.4 Å². The molecule has 0 saturated carbocycles. The maximum atomic E-state index is 12.8. The Labute approximate surface area is 164 Å². The molecule has 2 aromatic carbocycles. The van der Waals surface area contributed by atoms with Crippen molar-refractivity contribution in [1.82, 2.24) is 10.2 Å². The molecular weight excluding hydrogens is 368 g/mol. The number of carbonyl (C=O) groups is 2. The largest absolute Gasteiger partial charge is 0.497 e. The molecule has 0 saturated heterocycles. The van der Waals surface area contributed by atoms with Gasteiger partial charge < -0.3 is 19.7 Å².